The smallest absolute Gasteiger partial charge is 0.292 e. The van der Waals surface area contributed by atoms with Crippen LogP contribution in [0.5, 0.6) is 0 Å². The molecule has 0 aromatic heterocycles. The summed E-state index contributed by atoms with van der Waals surface area (Å²) in [4.78, 5) is 28.0. The number of likely N-dealkylation sites (tertiary alicyclic amines) is 1. The molecule has 0 spiro atoms. The van der Waals surface area contributed by atoms with Gasteiger partial charge in [0.25, 0.3) is 5.69 Å². The zero-order valence-electron chi connectivity index (χ0n) is 16.1. The molecule has 0 aliphatic carbocycles. The molecule has 0 unspecified atom stereocenters. The van der Waals surface area contributed by atoms with Crippen LogP contribution in [0.25, 0.3) is 0 Å². The van der Waals surface area contributed by atoms with Crippen LogP contribution in [0.1, 0.15) is 39.0 Å². The number of nitro groups is 1. The van der Waals surface area contributed by atoms with Crippen LogP contribution in [0.2, 0.25) is 0 Å². The Morgan fingerprint density at radius 1 is 1.15 bits per heavy atom. The third-order valence-corrected chi connectivity index (χ3v) is 5.76. The van der Waals surface area contributed by atoms with Gasteiger partial charge in [-0.3, -0.25) is 14.9 Å². The van der Waals surface area contributed by atoms with Crippen LogP contribution in [0, 0.1) is 16.0 Å². The maximum Gasteiger partial charge on any atom is 0.292 e. The van der Waals surface area contributed by atoms with Crippen molar-refractivity contribution < 1.29 is 9.72 Å². The van der Waals surface area contributed by atoms with Crippen molar-refractivity contribution in [2.75, 3.05) is 37.6 Å². The van der Waals surface area contributed by atoms with Crippen LogP contribution in [0.15, 0.2) is 24.3 Å². The van der Waals surface area contributed by atoms with Crippen molar-refractivity contribution in [3.63, 3.8) is 0 Å². The summed E-state index contributed by atoms with van der Waals surface area (Å²) >= 11 is 0. The molecule has 0 atom stereocenters. The molecule has 1 amide bonds. The van der Waals surface area contributed by atoms with Crippen LogP contribution in [0.4, 0.5) is 11.4 Å². The average molecular weight is 374 g/mol. The molecular weight excluding hydrogens is 344 g/mol. The van der Waals surface area contributed by atoms with Crippen molar-refractivity contribution in [1.82, 2.24) is 10.2 Å². The van der Waals surface area contributed by atoms with Crippen molar-refractivity contribution in [3.8, 4) is 0 Å². The molecule has 1 aromatic rings. The first kappa shape index (κ1) is 19.6. The van der Waals surface area contributed by atoms with E-state index in [9.17, 15) is 14.9 Å². The molecule has 2 aliphatic rings. The lowest BCUT2D eigenvalue weighted by Crippen LogP contribution is -2.48. The summed E-state index contributed by atoms with van der Waals surface area (Å²) in [5.41, 5.74) is 0.795. The lowest BCUT2D eigenvalue weighted by Gasteiger charge is -2.35. The Labute approximate surface area is 160 Å². The monoisotopic (exact) mass is 374 g/mol. The fourth-order valence-electron chi connectivity index (χ4n) is 4.20. The number of benzene rings is 1. The highest BCUT2D eigenvalue weighted by Gasteiger charge is 2.29. The van der Waals surface area contributed by atoms with Gasteiger partial charge < -0.3 is 15.1 Å². The fraction of sp³-hybridized carbons (Fsp3) is 0.650. The lowest BCUT2D eigenvalue weighted by molar-refractivity contribution is -0.384. The van der Waals surface area contributed by atoms with E-state index in [0.29, 0.717) is 24.8 Å². The van der Waals surface area contributed by atoms with E-state index < -0.39 is 0 Å². The number of hydrogen-bond donors (Lipinski definition) is 1. The molecule has 1 aromatic carbocycles. The molecule has 0 bridgehead atoms. The van der Waals surface area contributed by atoms with E-state index in [0.717, 1.165) is 45.3 Å². The van der Waals surface area contributed by atoms with Gasteiger partial charge >= 0.3 is 0 Å². The quantitative estimate of drug-likeness (QED) is 0.612. The first-order chi connectivity index (χ1) is 13.1. The number of carbonyl (C=O) groups excluding carboxylic acids is 1. The second-order valence-corrected chi connectivity index (χ2v) is 7.63. The summed E-state index contributed by atoms with van der Waals surface area (Å²) in [5.74, 6) is 0.170. The van der Waals surface area contributed by atoms with Gasteiger partial charge in [-0.15, -0.1) is 0 Å². The Kier molecular flexibility index (Phi) is 6.66. The Bertz CT molecular complexity index is 650. The Morgan fingerprint density at radius 2 is 1.81 bits per heavy atom. The van der Waals surface area contributed by atoms with Gasteiger partial charge in [0, 0.05) is 44.2 Å². The number of nitrogens with one attached hydrogen (secondary N) is 1. The highest BCUT2D eigenvalue weighted by Crippen LogP contribution is 2.31. The number of piperidine rings is 2. The minimum atomic E-state index is -0.334. The number of amides is 1. The molecule has 27 heavy (non-hydrogen) atoms. The number of nitro benzene ring substituents is 1. The highest BCUT2D eigenvalue weighted by atomic mass is 16.6. The van der Waals surface area contributed by atoms with Gasteiger partial charge in [-0.25, -0.2) is 0 Å². The van der Waals surface area contributed by atoms with Crippen LogP contribution >= 0.6 is 0 Å². The van der Waals surface area contributed by atoms with E-state index >= 15 is 0 Å². The van der Waals surface area contributed by atoms with Gasteiger partial charge in [-0.05, 0) is 44.7 Å². The predicted octanol–water partition coefficient (Wildman–Crippen LogP) is 2.80. The molecule has 0 saturated carbocycles. The average Bonchev–Trinajstić information content (AvgIpc) is 2.70. The lowest BCUT2D eigenvalue weighted by atomic mass is 9.94. The summed E-state index contributed by atoms with van der Waals surface area (Å²) in [7, 11) is 0. The Morgan fingerprint density at radius 3 is 2.44 bits per heavy atom. The summed E-state index contributed by atoms with van der Waals surface area (Å²) in [6, 6.07) is 7.14. The van der Waals surface area contributed by atoms with Gasteiger partial charge in [0.05, 0.1) is 4.92 Å². The van der Waals surface area contributed by atoms with Crippen LogP contribution in [0.3, 0.4) is 0 Å². The number of hydrogen-bond acceptors (Lipinski definition) is 5. The third-order valence-electron chi connectivity index (χ3n) is 5.76. The van der Waals surface area contributed by atoms with Gasteiger partial charge in [-0.2, -0.15) is 0 Å². The molecule has 3 rings (SSSR count). The van der Waals surface area contributed by atoms with Crippen molar-refractivity contribution in [2.45, 2.75) is 45.1 Å². The molecular formula is C20H30N4O3. The van der Waals surface area contributed by atoms with Gasteiger partial charge in [0.1, 0.15) is 5.69 Å². The molecule has 2 aliphatic heterocycles. The number of para-hydroxylation sites is 2. The molecule has 7 heteroatoms. The SMILES string of the molecule is CCCN1CCC(NC(=O)C2CCN(c3ccccc3[N+](=O)[O-])CC2)CC1. The number of carbonyl (C=O) groups is 1. The zero-order valence-corrected chi connectivity index (χ0v) is 16.1. The second kappa shape index (κ2) is 9.17. The minimum Gasteiger partial charge on any atom is -0.366 e. The van der Waals surface area contributed by atoms with Crippen molar-refractivity contribution in [3.05, 3.63) is 34.4 Å². The summed E-state index contributed by atoms with van der Waals surface area (Å²) in [6.07, 6.45) is 4.72. The van der Waals surface area contributed by atoms with E-state index in [4.69, 9.17) is 0 Å². The predicted molar refractivity (Wildman–Crippen MR) is 106 cm³/mol. The Hall–Kier alpha value is -2.15. The maximum atomic E-state index is 12.6. The van der Waals surface area contributed by atoms with E-state index in [-0.39, 0.29) is 22.4 Å². The number of rotatable bonds is 6. The summed E-state index contributed by atoms with van der Waals surface area (Å²) in [6.45, 7) is 6.83. The molecule has 2 fully saturated rings. The van der Waals surface area contributed by atoms with Crippen molar-refractivity contribution in [1.29, 1.82) is 0 Å². The highest BCUT2D eigenvalue weighted by molar-refractivity contribution is 5.79. The normalized spacial score (nSPS) is 19.8. The summed E-state index contributed by atoms with van der Waals surface area (Å²) in [5, 5.41) is 14.5. The molecule has 7 nitrogen and oxygen atoms in total. The third kappa shape index (κ3) is 4.97. The van der Waals surface area contributed by atoms with Gasteiger partial charge in [0.2, 0.25) is 5.91 Å². The number of anilines is 1. The number of nitrogens with zero attached hydrogens (tertiary/aromatic N) is 3. The molecule has 1 N–H and O–H groups in total. The van der Waals surface area contributed by atoms with Crippen LogP contribution in [-0.2, 0) is 4.79 Å². The molecule has 2 saturated heterocycles. The van der Waals surface area contributed by atoms with E-state index in [1.807, 2.05) is 11.0 Å². The fourth-order valence-corrected chi connectivity index (χ4v) is 4.20. The van der Waals surface area contributed by atoms with Crippen LogP contribution < -0.4 is 10.2 Å². The second-order valence-electron chi connectivity index (χ2n) is 7.63. The maximum absolute atomic E-state index is 12.6. The molecule has 2 heterocycles. The van der Waals surface area contributed by atoms with E-state index in [1.165, 1.54) is 6.42 Å². The topological polar surface area (TPSA) is 78.7 Å². The van der Waals surface area contributed by atoms with E-state index in [1.54, 1.807) is 18.2 Å². The first-order valence-corrected chi connectivity index (χ1v) is 10.1. The Balaban J connectivity index is 1.48. The molecule has 0 radical (unpaired) electrons. The van der Waals surface area contributed by atoms with Crippen molar-refractivity contribution >= 4 is 17.3 Å². The van der Waals surface area contributed by atoms with Gasteiger partial charge in [-0.1, -0.05) is 19.1 Å². The van der Waals surface area contributed by atoms with Gasteiger partial charge in [0.15, 0.2) is 0 Å². The zero-order chi connectivity index (χ0) is 19.2. The largest absolute Gasteiger partial charge is 0.366 e. The first-order valence-electron chi connectivity index (χ1n) is 10.1. The standard InChI is InChI=1S/C20H30N4O3/c1-2-11-22-12-9-17(10-13-22)21-20(25)16-7-14-23(15-8-16)18-5-3-4-6-19(18)24(26)27/h3-6,16-17H,2,7-15H2,1H3,(H,21,25). The minimum absolute atomic E-state index is 0.0117. The molecule has 148 valence electrons. The van der Waals surface area contributed by atoms with E-state index in [2.05, 4.69) is 17.1 Å². The van der Waals surface area contributed by atoms with Crippen LogP contribution in [-0.4, -0.2) is 54.5 Å². The van der Waals surface area contributed by atoms with Crippen molar-refractivity contribution in [2.24, 2.45) is 5.92 Å². The summed E-state index contributed by atoms with van der Waals surface area (Å²) < 4.78 is 0.